The van der Waals surface area contributed by atoms with Gasteiger partial charge in [-0.05, 0) is 44.8 Å². The van der Waals surface area contributed by atoms with Crippen LogP contribution in [0.4, 0.5) is 0 Å². The Morgan fingerprint density at radius 3 is 2.32 bits per heavy atom. The first-order valence-electron chi connectivity index (χ1n) is 7.91. The highest BCUT2D eigenvalue weighted by Gasteiger charge is 2.32. The van der Waals surface area contributed by atoms with Gasteiger partial charge >= 0.3 is 0 Å². The van der Waals surface area contributed by atoms with E-state index < -0.39 is 5.60 Å². The van der Waals surface area contributed by atoms with Crippen LogP contribution in [-0.4, -0.2) is 48.3 Å². The molecule has 0 aliphatic heterocycles. The summed E-state index contributed by atoms with van der Waals surface area (Å²) in [4.78, 5) is 2.31. The molecule has 0 aromatic rings. The molecule has 1 aliphatic rings. The number of rotatable bonds is 7. The Bertz CT molecular complexity index is 254. The molecule has 1 unspecified atom stereocenters. The van der Waals surface area contributed by atoms with Crippen molar-refractivity contribution in [2.24, 2.45) is 5.41 Å². The first-order chi connectivity index (χ1) is 8.77. The molecule has 114 valence electrons. The van der Waals surface area contributed by atoms with E-state index in [1.807, 2.05) is 0 Å². The third-order valence-corrected chi connectivity index (χ3v) is 4.39. The van der Waals surface area contributed by atoms with E-state index in [-0.39, 0.29) is 0 Å². The van der Waals surface area contributed by atoms with Crippen LogP contribution in [-0.2, 0) is 0 Å². The molecule has 1 atom stereocenters. The van der Waals surface area contributed by atoms with Crippen LogP contribution in [0.3, 0.4) is 0 Å². The van der Waals surface area contributed by atoms with Gasteiger partial charge in [0.1, 0.15) is 0 Å². The van der Waals surface area contributed by atoms with Crippen LogP contribution >= 0.6 is 0 Å². The van der Waals surface area contributed by atoms with Crippen LogP contribution < -0.4 is 5.32 Å². The Balaban J connectivity index is 2.37. The maximum atomic E-state index is 10.4. The lowest BCUT2D eigenvalue weighted by atomic mass is 9.84. The smallest absolute Gasteiger partial charge is 0.0774 e. The molecule has 1 fully saturated rings. The maximum Gasteiger partial charge on any atom is 0.0774 e. The predicted molar refractivity (Wildman–Crippen MR) is 82.5 cm³/mol. The highest BCUT2D eigenvalue weighted by Crippen LogP contribution is 2.30. The van der Waals surface area contributed by atoms with Crippen LogP contribution in [0, 0.1) is 5.41 Å². The van der Waals surface area contributed by atoms with Gasteiger partial charge in [0.15, 0.2) is 0 Å². The first-order valence-corrected chi connectivity index (χ1v) is 7.91. The van der Waals surface area contributed by atoms with E-state index in [9.17, 15) is 5.11 Å². The van der Waals surface area contributed by atoms with Crippen molar-refractivity contribution < 1.29 is 5.11 Å². The van der Waals surface area contributed by atoms with Gasteiger partial charge in [0, 0.05) is 12.6 Å². The summed E-state index contributed by atoms with van der Waals surface area (Å²) in [5.41, 5.74) is -0.120. The van der Waals surface area contributed by atoms with Gasteiger partial charge in [0.25, 0.3) is 0 Å². The highest BCUT2D eigenvalue weighted by molar-refractivity contribution is 4.87. The van der Waals surface area contributed by atoms with Gasteiger partial charge in [0.05, 0.1) is 5.60 Å². The number of nitrogens with zero attached hydrogens (tertiary/aromatic N) is 1. The minimum Gasteiger partial charge on any atom is -0.389 e. The standard InChI is InChI=1S/C16H34N2O/c1-6-17-14(15(2,3)4)9-12-18(5)13-16(19)10-7-8-11-16/h14,17,19H,6-13H2,1-5H3. The Morgan fingerprint density at radius 1 is 1.26 bits per heavy atom. The van der Waals surface area contributed by atoms with Gasteiger partial charge < -0.3 is 15.3 Å². The molecule has 19 heavy (non-hydrogen) atoms. The molecule has 2 N–H and O–H groups in total. The van der Waals surface area contributed by atoms with Crippen molar-refractivity contribution in [3.63, 3.8) is 0 Å². The molecule has 1 rings (SSSR count). The Kier molecular flexibility index (Phi) is 6.28. The number of hydrogen-bond acceptors (Lipinski definition) is 3. The summed E-state index contributed by atoms with van der Waals surface area (Å²) in [6.07, 6.45) is 5.48. The monoisotopic (exact) mass is 270 g/mol. The molecule has 1 aliphatic carbocycles. The summed E-state index contributed by atoms with van der Waals surface area (Å²) in [5.74, 6) is 0. The summed E-state index contributed by atoms with van der Waals surface area (Å²) in [6.45, 7) is 12.0. The molecule has 3 nitrogen and oxygen atoms in total. The Hall–Kier alpha value is -0.120. The Morgan fingerprint density at radius 2 is 1.84 bits per heavy atom. The topological polar surface area (TPSA) is 35.5 Å². The van der Waals surface area contributed by atoms with Crippen molar-refractivity contribution in [3.05, 3.63) is 0 Å². The summed E-state index contributed by atoms with van der Waals surface area (Å²) in [5, 5.41) is 14.0. The van der Waals surface area contributed by atoms with Crippen molar-refractivity contribution in [1.29, 1.82) is 0 Å². The SMILES string of the molecule is CCNC(CCN(C)CC1(O)CCCC1)C(C)(C)C. The fraction of sp³-hybridized carbons (Fsp3) is 1.00. The molecule has 0 aromatic carbocycles. The number of aliphatic hydroxyl groups is 1. The van der Waals surface area contributed by atoms with Crippen molar-refractivity contribution in [1.82, 2.24) is 10.2 Å². The Labute approximate surface area is 119 Å². The van der Waals surface area contributed by atoms with Gasteiger partial charge in [-0.2, -0.15) is 0 Å². The fourth-order valence-corrected chi connectivity index (χ4v) is 3.21. The minimum absolute atomic E-state index is 0.293. The van der Waals surface area contributed by atoms with Gasteiger partial charge in [-0.25, -0.2) is 0 Å². The van der Waals surface area contributed by atoms with Crippen LogP contribution in [0.25, 0.3) is 0 Å². The molecule has 1 saturated carbocycles. The molecule has 0 amide bonds. The van der Waals surface area contributed by atoms with Gasteiger partial charge in [0.2, 0.25) is 0 Å². The van der Waals surface area contributed by atoms with Crippen molar-refractivity contribution >= 4 is 0 Å². The molecule has 0 bridgehead atoms. The molecule has 0 radical (unpaired) electrons. The summed E-state index contributed by atoms with van der Waals surface area (Å²) < 4.78 is 0. The van der Waals surface area contributed by atoms with Crippen molar-refractivity contribution in [3.8, 4) is 0 Å². The summed E-state index contributed by atoms with van der Waals surface area (Å²) >= 11 is 0. The third kappa shape index (κ3) is 5.80. The van der Waals surface area contributed by atoms with Crippen LogP contribution in [0.1, 0.15) is 59.8 Å². The minimum atomic E-state index is -0.413. The molecule has 0 saturated heterocycles. The normalized spacial score (nSPS) is 21.0. The third-order valence-electron chi connectivity index (χ3n) is 4.39. The molecule has 3 heteroatoms. The zero-order valence-electron chi connectivity index (χ0n) is 13.6. The lowest BCUT2D eigenvalue weighted by molar-refractivity contribution is 0.0148. The predicted octanol–water partition coefficient (Wildman–Crippen LogP) is 2.64. The molecule has 0 spiro atoms. The van der Waals surface area contributed by atoms with E-state index in [0.717, 1.165) is 38.9 Å². The van der Waals surface area contributed by atoms with Crippen molar-refractivity contribution in [2.75, 3.05) is 26.7 Å². The van der Waals surface area contributed by atoms with Crippen molar-refractivity contribution in [2.45, 2.75) is 71.4 Å². The quantitative estimate of drug-likeness (QED) is 0.746. The van der Waals surface area contributed by atoms with E-state index >= 15 is 0 Å². The first kappa shape index (κ1) is 16.9. The average Bonchev–Trinajstić information content (AvgIpc) is 2.69. The van der Waals surface area contributed by atoms with Gasteiger partial charge in [-0.3, -0.25) is 0 Å². The highest BCUT2D eigenvalue weighted by atomic mass is 16.3. The van der Waals surface area contributed by atoms with E-state index in [2.05, 4.69) is 45.0 Å². The van der Waals surface area contributed by atoms with Gasteiger partial charge in [-0.15, -0.1) is 0 Å². The van der Waals surface area contributed by atoms with E-state index in [1.165, 1.54) is 12.8 Å². The van der Waals surface area contributed by atoms with Gasteiger partial charge in [-0.1, -0.05) is 40.5 Å². The number of likely N-dealkylation sites (N-methyl/N-ethyl adjacent to an activating group) is 1. The van der Waals surface area contributed by atoms with E-state index in [4.69, 9.17) is 0 Å². The van der Waals surface area contributed by atoms with Crippen LogP contribution in [0.15, 0.2) is 0 Å². The lowest BCUT2D eigenvalue weighted by Gasteiger charge is -2.34. The van der Waals surface area contributed by atoms with Crippen LogP contribution in [0.5, 0.6) is 0 Å². The largest absolute Gasteiger partial charge is 0.389 e. The second-order valence-corrected chi connectivity index (χ2v) is 7.43. The zero-order valence-corrected chi connectivity index (χ0v) is 13.6. The number of hydrogen-bond donors (Lipinski definition) is 2. The lowest BCUT2D eigenvalue weighted by Crippen LogP contribution is -2.44. The fourth-order valence-electron chi connectivity index (χ4n) is 3.21. The average molecular weight is 270 g/mol. The summed E-state index contributed by atoms with van der Waals surface area (Å²) in [7, 11) is 2.14. The molecular formula is C16H34N2O. The van der Waals surface area contributed by atoms with E-state index in [1.54, 1.807) is 0 Å². The zero-order chi connectivity index (χ0) is 14.5. The molecule has 0 heterocycles. The maximum absolute atomic E-state index is 10.4. The second-order valence-electron chi connectivity index (χ2n) is 7.43. The molecular weight excluding hydrogens is 236 g/mol. The molecule has 0 aromatic heterocycles. The summed E-state index contributed by atoms with van der Waals surface area (Å²) in [6, 6.07) is 0.540. The second kappa shape index (κ2) is 7.05. The van der Waals surface area contributed by atoms with Crippen LogP contribution in [0.2, 0.25) is 0 Å². The number of nitrogens with one attached hydrogen (secondary N) is 1. The van der Waals surface area contributed by atoms with E-state index in [0.29, 0.717) is 11.5 Å².